The molecule has 0 aliphatic heterocycles. The lowest BCUT2D eigenvalue weighted by Crippen LogP contribution is -2.27. The lowest BCUT2D eigenvalue weighted by molar-refractivity contribution is 0.102. The number of rotatable bonds is 9. The molecule has 174 valence electrons. The first kappa shape index (κ1) is 24.1. The van der Waals surface area contributed by atoms with E-state index in [0.717, 1.165) is 0 Å². The van der Waals surface area contributed by atoms with Crippen molar-refractivity contribution in [1.82, 2.24) is 4.31 Å². The normalized spacial score (nSPS) is 11.2. The molecule has 9 heteroatoms. The maximum Gasteiger partial charge on any atom is 0.255 e. The van der Waals surface area contributed by atoms with Crippen LogP contribution in [0.5, 0.6) is 17.2 Å². The quantitative estimate of drug-likeness (QED) is 0.511. The molecule has 0 fully saturated rings. The van der Waals surface area contributed by atoms with Gasteiger partial charge in [-0.2, -0.15) is 4.31 Å². The van der Waals surface area contributed by atoms with Crippen LogP contribution in [0.15, 0.2) is 71.6 Å². The Labute approximate surface area is 193 Å². The van der Waals surface area contributed by atoms with Crippen LogP contribution in [-0.2, 0) is 16.6 Å². The smallest absolute Gasteiger partial charge is 0.255 e. The van der Waals surface area contributed by atoms with Gasteiger partial charge in [0, 0.05) is 36.5 Å². The molecule has 0 saturated carbocycles. The van der Waals surface area contributed by atoms with Gasteiger partial charge in [-0.15, -0.1) is 0 Å². The highest BCUT2D eigenvalue weighted by molar-refractivity contribution is 7.89. The van der Waals surface area contributed by atoms with Crippen LogP contribution >= 0.6 is 0 Å². The summed E-state index contributed by atoms with van der Waals surface area (Å²) in [5, 5.41) is 2.81. The number of carbonyl (C=O) groups is 1. The Kier molecular flexibility index (Phi) is 7.57. The van der Waals surface area contributed by atoms with Crippen LogP contribution in [0.25, 0.3) is 0 Å². The number of methoxy groups -OCH3 is 3. The molecule has 1 amide bonds. The number of benzene rings is 3. The number of ether oxygens (including phenoxy) is 3. The van der Waals surface area contributed by atoms with E-state index in [4.69, 9.17) is 14.2 Å². The predicted molar refractivity (Wildman–Crippen MR) is 126 cm³/mol. The summed E-state index contributed by atoms with van der Waals surface area (Å²) < 4.78 is 42.9. The van der Waals surface area contributed by atoms with Crippen LogP contribution in [0.4, 0.5) is 5.69 Å². The fraction of sp³-hybridized carbons (Fsp3) is 0.208. The van der Waals surface area contributed by atoms with E-state index in [1.54, 1.807) is 54.6 Å². The van der Waals surface area contributed by atoms with Gasteiger partial charge in [0.1, 0.15) is 5.75 Å². The Bertz CT molecular complexity index is 1230. The average Bonchev–Trinajstić information content (AvgIpc) is 2.84. The lowest BCUT2D eigenvalue weighted by atomic mass is 10.1. The number of carbonyl (C=O) groups excluding carboxylic acids is 1. The molecular formula is C24H26N2O6S. The number of anilines is 1. The van der Waals surface area contributed by atoms with E-state index in [0.29, 0.717) is 34.1 Å². The highest BCUT2D eigenvalue weighted by Crippen LogP contribution is 2.30. The Morgan fingerprint density at radius 1 is 0.848 bits per heavy atom. The molecule has 0 aliphatic rings. The third kappa shape index (κ3) is 5.44. The summed E-state index contributed by atoms with van der Waals surface area (Å²) in [5.41, 5.74) is 1.43. The minimum absolute atomic E-state index is 0.0257. The number of amides is 1. The molecule has 3 rings (SSSR count). The molecule has 8 nitrogen and oxygen atoms in total. The van der Waals surface area contributed by atoms with Gasteiger partial charge in [-0.05, 0) is 42.5 Å². The van der Waals surface area contributed by atoms with Gasteiger partial charge in [0.15, 0.2) is 11.5 Å². The van der Waals surface area contributed by atoms with E-state index in [2.05, 4.69) is 5.32 Å². The second kappa shape index (κ2) is 10.4. The number of hydrogen-bond donors (Lipinski definition) is 1. The summed E-state index contributed by atoms with van der Waals surface area (Å²) in [4.78, 5) is 13.1. The van der Waals surface area contributed by atoms with Crippen molar-refractivity contribution in [2.75, 3.05) is 33.7 Å². The Morgan fingerprint density at radius 2 is 1.48 bits per heavy atom. The Morgan fingerprint density at radius 3 is 2.12 bits per heavy atom. The maximum absolute atomic E-state index is 12.9. The van der Waals surface area contributed by atoms with Gasteiger partial charge in [0.25, 0.3) is 5.91 Å². The predicted octanol–water partition coefficient (Wildman–Crippen LogP) is 3.79. The monoisotopic (exact) mass is 470 g/mol. The van der Waals surface area contributed by atoms with Crippen LogP contribution < -0.4 is 19.5 Å². The fourth-order valence-corrected chi connectivity index (χ4v) is 4.43. The highest BCUT2D eigenvalue weighted by atomic mass is 32.2. The third-order valence-electron chi connectivity index (χ3n) is 5.03. The molecular weight excluding hydrogens is 444 g/mol. The van der Waals surface area contributed by atoms with Gasteiger partial charge in [-0.25, -0.2) is 8.42 Å². The largest absolute Gasteiger partial charge is 0.496 e. The van der Waals surface area contributed by atoms with Crippen molar-refractivity contribution >= 4 is 21.6 Å². The van der Waals surface area contributed by atoms with E-state index < -0.39 is 10.0 Å². The first-order valence-corrected chi connectivity index (χ1v) is 11.5. The number of sulfonamides is 1. The van der Waals surface area contributed by atoms with Crippen molar-refractivity contribution in [3.63, 3.8) is 0 Å². The summed E-state index contributed by atoms with van der Waals surface area (Å²) in [6.45, 7) is 0.0257. The van der Waals surface area contributed by atoms with Gasteiger partial charge >= 0.3 is 0 Å². The second-order valence-corrected chi connectivity index (χ2v) is 9.17. The Hall–Kier alpha value is -3.56. The molecule has 3 aromatic rings. The van der Waals surface area contributed by atoms with E-state index in [-0.39, 0.29) is 17.3 Å². The minimum Gasteiger partial charge on any atom is -0.496 e. The number of hydrogen-bond acceptors (Lipinski definition) is 6. The topological polar surface area (TPSA) is 94.2 Å². The third-order valence-corrected chi connectivity index (χ3v) is 6.85. The minimum atomic E-state index is -3.71. The highest BCUT2D eigenvalue weighted by Gasteiger charge is 2.22. The van der Waals surface area contributed by atoms with Gasteiger partial charge in [0.05, 0.1) is 26.2 Å². The number of nitrogens with one attached hydrogen (secondary N) is 1. The van der Waals surface area contributed by atoms with Crippen molar-refractivity contribution in [1.29, 1.82) is 0 Å². The van der Waals surface area contributed by atoms with E-state index in [9.17, 15) is 13.2 Å². The molecule has 3 aromatic carbocycles. The van der Waals surface area contributed by atoms with Crippen molar-refractivity contribution in [3.8, 4) is 17.2 Å². The molecule has 0 radical (unpaired) electrons. The van der Waals surface area contributed by atoms with Crippen molar-refractivity contribution < 1.29 is 27.4 Å². The van der Waals surface area contributed by atoms with Gasteiger partial charge < -0.3 is 19.5 Å². The van der Waals surface area contributed by atoms with E-state index in [1.165, 1.54) is 44.8 Å². The van der Waals surface area contributed by atoms with E-state index >= 15 is 0 Å². The molecule has 1 N–H and O–H groups in total. The molecule has 0 aliphatic carbocycles. The van der Waals surface area contributed by atoms with Crippen LogP contribution in [0, 0.1) is 0 Å². The molecule has 0 saturated heterocycles. The standard InChI is InChI=1S/C24H26N2O6S/c1-26(33(28,29)20-8-6-5-7-9-20)16-18-14-17(10-12-21(18)30-2)24(27)25-19-11-13-22(31-3)23(15-19)32-4/h5-15H,16H2,1-4H3,(H,25,27). The van der Waals surface area contributed by atoms with Gasteiger partial charge in [-0.3, -0.25) is 4.79 Å². The van der Waals surface area contributed by atoms with Crippen molar-refractivity contribution in [2.24, 2.45) is 0 Å². The Balaban J connectivity index is 1.84. The van der Waals surface area contributed by atoms with Crippen molar-refractivity contribution in [3.05, 3.63) is 77.9 Å². The van der Waals surface area contributed by atoms with Crippen LogP contribution in [-0.4, -0.2) is 47.0 Å². The summed E-state index contributed by atoms with van der Waals surface area (Å²) >= 11 is 0. The zero-order valence-electron chi connectivity index (χ0n) is 18.9. The summed E-state index contributed by atoms with van der Waals surface area (Å²) in [6, 6.07) is 18.1. The molecule has 0 unspecified atom stereocenters. The maximum atomic E-state index is 12.9. The molecule has 0 bridgehead atoms. The SMILES string of the molecule is COc1ccc(C(=O)Nc2ccc(OC)c(OC)c2)cc1CN(C)S(=O)(=O)c1ccccc1. The summed E-state index contributed by atoms with van der Waals surface area (Å²) in [5.74, 6) is 1.15. The number of nitrogens with zero attached hydrogens (tertiary/aromatic N) is 1. The molecule has 0 spiro atoms. The lowest BCUT2D eigenvalue weighted by Gasteiger charge is -2.19. The van der Waals surface area contributed by atoms with Crippen LogP contribution in [0.3, 0.4) is 0 Å². The zero-order chi connectivity index (χ0) is 24.0. The van der Waals surface area contributed by atoms with Crippen LogP contribution in [0.2, 0.25) is 0 Å². The average molecular weight is 471 g/mol. The van der Waals surface area contributed by atoms with Gasteiger partial charge in [0.2, 0.25) is 10.0 Å². The molecule has 0 atom stereocenters. The van der Waals surface area contributed by atoms with Gasteiger partial charge in [-0.1, -0.05) is 18.2 Å². The molecule has 0 heterocycles. The van der Waals surface area contributed by atoms with Crippen molar-refractivity contribution in [2.45, 2.75) is 11.4 Å². The molecule has 0 aromatic heterocycles. The fourth-order valence-electron chi connectivity index (χ4n) is 3.26. The summed E-state index contributed by atoms with van der Waals surface area (Å²) in [6.07, 6.45) is 0. The summed E-state index contributed by atoms with van der Waals surface area (Å²) in [7, 11) is 2.32. The van der Waals surface area contributed by atoms with E-state index in [1.807, 2.05) is 0 Å². The van der Waals surface area contributed by atoms with Crippen LogP contribution in [0.1, 0.15) is 15.9 Å². The first-order valence-electron chi connectivity index (χ1n) is 10.0. The molecule has 33 heavy (non-hydrogen) atoms. The second-order valence-electron chi connectivity index (χ2n) is 7.12. The first-order chi connectivity index (χ1) is 15.8. The zero-order valence-corrected chi connectivity index (χ0v) is 19.7.